The van der Waals surface area contributed by atoms with Gasteiger partial charge in [0.15, 0.2) is 5.69 Å². The number of carbonyl (C=O) groups is 2. The number of carbonyl (C=O) groups excluding carboxylic acids is 1. The van der Waals surface area contributed by atoms with Crippen molar-refractivity contribution in [3.8, 4) is 5.69 Å². The van der Waals surface area contributed by atoms with E-state index >= 15 is 0 Å². The first kappa shape index (κ1) is 28.8. The summed E-state index contributed by atoms with van der Waals surface area (Å²) in [5.74, 6) is -1.23. The quantitative estimate of drug-likeness (QED) is 0.387. The number of rotatable bonds is 12. The third kappa shape index (κ3) is 7.85. The SMILES string of the molecule is CC(C)c1c(C(=O)N(C)CC2CCCCC2)nn(-c2ccc(F)cc2)c1CCC(O)CC(O)CC(=O)O. The fraction of sp³-hybridized carbons (Fsp3) is 0.607. The number of aromatic nitrogens is 2. The van der Waals surface area contributed by atoms with E-state index in [0.29, 0.717) is 30.3 Å². The van der Waals surface area contributed by atoms with E-state index in [1.165, 1.54) is 31.4 Å². The first-order chi connectivity index (χ1) is 17.6. The molecular formula is C28H40FN3O5. The lowest BCUT2D eigenvalue weighted by molar-refractivity contribution is -0.139. The van der Waals surface area contributed by atoms with Crippen molar-refractivity contribution < 1.29 is 29.3 Å². The van der Waals surface area contributed by atoms with Crippen molar-refractivity contribution in [1.82, 2.24) is 14.7 Å². The molecule has 0 radical (unpaired) electrons. The second-order valence-corrected chi connectivity index (χ2v) is 10.6. The van der Waals surface area contributed by atoms with Crippen LogP contribution in [-0.4, -0.2) is 67.7 Å². The minimum atomic E-state index is -1.15. The number of hydrogen-bond acceptors (Lipinski definition) is 5. The number of halogens is 1. The predicted molar refractivity (Wildman–Crippen MR) is 138 cm³/mol. The number of aliphatic hydroxyl groups is 2. The minimum absolute atomic E-state index is 0.0408. The summed E-state index contributed by atoms with van der Waals surface area (Å²) in [5.41, 5.74) is 2.48. The fourth-order valence-corrected chi connectivity index (χ4v) is 5.31. The topological polar surface area (TPSA) is 116 Å². The molecule has 1 amide bonds. The number of carboxylic acids is 1. The molecule has 37 heavy (non-hydrogen) atoms. The van der Waals surface area contributed by atoms with E-state index in [4.69, 9.17) is 10.2 Å². The zero-order chi connectivity index (χ0) is 27.1. The molecule has 0 saturated heterocycles. The van der Waals surface area contributed by atoms with E-state index in [0.717, 1.165) is 24.1 Å². The number of nitrogens with zero attached hydrogens (tertiary/aromatic N) is 3. The number of carboxylic acid groups (broad SMARTS) is 1. The van der Waals surface area contributed by atoms with E-state index < -0.39 is 24.6 Å². The summed E-state index contributed by atoms with van der Waals surface area (Å²) in [4.78, 5) is 26.2. The monoisotopic (exact) mass is 517 g/mol. The van der Waals surface area contributed by atoms with Gasteiger partial charge in [-0.15, -0.1) is 0 Å². The van der Waals surface area contributed by atoms with Crippen LogP contribution in [-0.2, 0) is 11.2 Å². The van der Waals surface area contributed by atoms with Crippen LogP contribution >= 0.6 is 0 Å². The highest BCUT2D eigenvalue weighted by molar-refractivity contribution is 5.94. The molecule has 3 N–H and O–H groups in total. The van der Waals surface area contributed by atoms with Crippen molar-refractivity contribution >= 4 is 11.9 Å². The van der Waals surface area contributed by atoms with E-state index in [2.05, 4.69) is 0 Å². The van der Waals surface area contributed by atoms with Crippen LogP contribution in [0.1, 0.15) is 92.9 Å². The molecule has 1 fully saturated rings. The Morgan fingerprint density at radius 2 is 1.76 bits per heavy atom. The van der Waals surface area contributed by atoms with Gasteiger partial charge in [0, 0.05) is 24.8 Å². The second kappa shape index (κ2) is 13.1. The molecule has 2 unspecified atom stereocenters. The Labute approximate surface area is 218 Å². The smallest absolute Gasteiger partial charge is 0.305 e. The molecule has 8 nitrogen and oxygen atoms in total. The van der Waals surface area contributed by atoms with Crippen molar-refractivity contribution in [2.45, 2.75) is 89.8 Å². The average Bonchev–Trinajstić information content (AvgIpc) is 3.22. The maximum Gasteiger partial charge on any atom is 0.305 e. The molecule has 1 aromatic carbocycles. The van der Waals surface area contributed by atoms with Crippen LogP contribution in [0.5, 0.6) is 0 Å². The van der Waals surface area contributed by atoms with Gasteiger partial charge >= 0.3 is 5.97 Å². The van der Waals surface area contributed by atoms with Crippen LogP contribution in [0.15, 0.2) is 24.3 Å². The van der Waals surface area contributed by atoms with Gasteiger partial charge in [0.25, 0.3) is 5.91 Å². The largest absolute Gasteiger partial charge is 0.481 e. The Morgan fingerprint density at radius 1 is 1.11 bits per heavy atom. The molecule has 2 atom stereocenters. The molecule has 1 aliphatic carbocycles. The van der Waals surface area contributed by atoms with Gasteiger partial charge in [0.2, 0.25) is 0 Å². The fourth-order valence-electron chi connectivity index (χ4n) is 5.31. The van der Waals surface area contributed by atoms with Crippen molar-refractivity contribution in [2.75, 3.05) is 13.6 Å². The molecule has 1 aromatic heterocycles. The second-order valence-electron chi connectivity index (χ2n) is 10.6. The van der Waals surface area contributed by atoms with Crippen LogP contribution in [0.25, 0.3) is 5.69 Å². The number of benzene rings is 1. The lowest BCUT2D eigenvalue weighted by Crippen LogP contribution is -2.33. The summed E-state index contributed by atoms with van der Waals surface area (Å²) < 4.78 is 15.3. The van der Waals surface area contributed by atoms with Crippen LogP contribution in [0.3, 0.4) is 0 Å². The highest BCUT2D eigenvalue weighted by Crippen LogP contribution is 2.30. The summed E-state index contributed by atoms with van der Waals surface area (Å²) in [6, 6.07) is 5.87. The van der Waals surface area contributed by atoms with E-state index in [-0.39, 0.29) is 30.5 Å². The lowest BCUT2D eigenvalue weighted by atomic mass is 9.89. The van der Waals surface area contributed by atoms with Gasteiger partial charge in [-0.1, -0.05) is 33.1 Å². The van der Waals surface area contributed by atoms with Gasteiger partial charge in [-0.2, -0.15) is 5.10 Å². The normalized spacial score (nSPS) is 16.1. The molecule has 2 aromatic rings. The minimum Gasteiger partial charge on any atom is -0.481 e. The zero-order valence-corrected chi connectivity index (χ0v) is 22.1. The molecule has 0 spiro atoms. The predicted octanol–water partition coefficient (Wildman–Crippen LogP) is 4.31. The Hall–Kier alpha value is -2.78. The summed E-state index contributed by atoms with van der Waals surface area (Å²) in [7, 11) is 1.81. The molecule has 1 saturated carbocycles. The van der Waals surface area contributed by atoms with Crippen molar-refractivity contribution in [2.24, 2.45) is 5.92 Å². The third-order valence-electron chi connectivity index (χ3n) is 7.15. The highest BCUT2D eigenvalue weighted by Gasteiger charge is 2.29. The van der Waals surface area contributed by atoms with Crippen LogP contribution < -0.4 is 0 Å². The highest BCUT2D eigenvalue weighted by atomic mass is 19.1. The Bertz CT molecular complexity index is 1050. The standard InChI is InChI=1S/C28H40FN3O5/c1-18(2)26-24(14-13-22(33)15-23(34)16-25(35)36)32(21-11-9-20(29)10-12-21)30-27(26)28(37)31(3)17-19-7-5-4-6-8-19/h9-12,18-19,22-23,33-34H,4-8,13-17H2,1-3H3,(H,35,36). The first-order valence-corrected chi connectivity index (χ1v) is 13.3. The third-order valence-corrected chi connectivity index (χ3v) is 7.15. The Balaban J connectivity index is 1.91. The summed E-state index contributed by atoms with van der Waals surface area (Å²) in [6.45, 7) is 4.65. The molecular weight excluding hydrogens is 477 g/mol. The molecule has 204 valence electrons. The number of aliphatic carboxylic acids is 1. The van der Waals surface area contributed by atoms with Crippen molar-refractivity contribution in [3.63, 3.8) is 0 Å². The van der Waals surface area contributed by atoms with Crippen LogP contribution in [0, 0.1) is 11.7 Å². The number of amides is 1. The summed E-state index contributed by atoms with van der Waals surface area (Å²) in [5, 5.41) is 34.0. The van der Waals surface area contributed by atoms with Crippen molar-refractivity contribution in [3.05, 3.63) is 47.0 Å². The number of hydrogen-bond donors (Lipinski definition) is 3. The lowest BCUT2D eigenvalue weighted by Gasteiger charge is -2.27. The summed E-state index contributed by atoms with van der Waals surface area (Å²) >= 11 is 0. The summed E-state index contributed by atoms with van der Waals surface area (Å²) in [6.07, 6.45) is 3.88. The van der Waals surface area contributed by atoms with Gasteiger partial charge in [-0.3, -0.25) is 9.59 Å². The maximum absolute atomic E-state index is 13.6. The van der Waals surface area contributed by atoms with Gasteiger partial charge < -0.3 is 20.2 Å². The average molecular weight is 518 g/mol. The molecule has 3 rings (SSSR count). The molecule has 1 aliphatic rings. The zero-order valence-electron chi connectivity index (χ0n) is 22.1. The number of aliphatic hydroxyl groups excluding tert-OH is 2. The van der Waals surface area contributed by atoms with Gasteiger partial charge in [0.1, 0.15) is 5.82 Å². The molecule has 1 heterocycles. The van der Waals surface area contributed by atoms with E-state index in [1.807, 2.05) is 20.9 Å². The maximum atomic E-state index is 13.6. The van der Waals surface area contributed by atoms with Gasteiger partial charge in [-0.05, 0) is 68.2 Å². The van der Waals surface area contributed by atoms with Crippen LogP contribution in [0.2, 0.25) is 0 Å². The van der Waals surface area contributed by atoms with Gasteiger partial charge in [0.05, 0.1) is 24.3 Å². The van der Waals surface area contributed by atoms with Crippen molar-refractivity contribution in [1.29, 1.82) is 0 Å². The van der Waals surface area contributed by atoms with Crippen LogP contribution in [0.4, 0.5) is 4.39 Å². The van der Waals surface area contributed by atoms with Gasteiger partial charge in [-0.25, -0.2) is 9.07 Å². The van der Waals surface area contributed by atoms with E-state index in [9.17, 15) is 24.2 Å². The van der Waals surface area contributed by atoms with E-state index in [1.54, 1.807) is 21.7 Å². The Kier molecular flexibility index (Phi) is 10.2. The first-order valence-electron chi connectivity index (χ1n) is 13.3. The Morgan fingerprint density at radius 3 is 2.35 bits per heavy atom. The molecule has 0 bridgehead atoms. The molecule has 9 heteroatoms. The molecule has 0 aliphatic heterocycles.